The van der Waals surface area contributed by atoms with Crippen LogP contribution in [0.15, 0.2) is 490 Å². The van der Waals surface area contributed by atoms with Crippen LogP contribution in [0.25, 0.3) is 288 Å². The van der Waals surface area contributed by atoms with Gasteiger partial charge in [0, 0.05) is 132 Å². The van der Waals surface area contributed by atoms with E-state index in [4.69, 9.17) is 34.3 Å². The van der Waals surface area contributed by atoms with Gasteiger partial charge >= 0.3 is 0 Å². The number of fused-ring (bicyclic) bond motifs is 27. The van der Waals surface area contributed by atoms with Gasteiger partial charge in [0.1, 0.15) is 5.58 Å². The highest BCUT2D eigenvalue weighted by Gasteiger charge is 2.28. The van der Waals surface area contributed by atoms with Gasteiger partial charge in [-0.25, -0.2) is 29.9 Å². The second-order valence-corrected chi connectivity index (χ2v) is 37.5. The average molecular weight is 1850 g/mol. The molecule has 0 fully saturated rings. The summed E-state index contributed by atoms with van der Waals surface area (Å²) in [5, 5.41) is 23.7. The number of aromatic nitrogens is 12. The maximum atomic E-state index is 7.12. The highest BCUT2D eigenvalue weighted by atomic mass is 16.3. The van der Waals surface area contributed by atoms with Gasteiger partial charge in [-0.3, -0.25) is 0 Å². The molecule has 0 amide bonds. The molecule has 0 aliphatic rings. The molecule has 0 aliphatic carbocycles. The summed E-state index contributed by atoms with van der Waals surface area (Å²) in [6.07, 6.45) is 0. The third-order valence-electron chi connectivity index (χ3n) is 29.5. The minimum atomic E-state index is 0.552. The SMILES string of the molecule is c1ccc(-c2nc(-c3ccccc3)nc(-c3ccc4c5ccc(-n6c7ccccc7c7cc(-n8c9ccccc9c9cc(-n%10c%11ccccc%11c%11ccccc%11%10)ccc98)ccc76)cc5c5ccccc5c4c3)n2)cc1.c1ccc(-c2nc(-c3ccccc3)nc(-c3cccc4c3oc3c(-n5c6ccccc6c6cc(-n7c8ccccc8c8cc(-n9c%10ccccc%10c%10ccccc%109)ccc87)ccc65)cccc34)n2)cc1. The fourth-order valence-corrected chi connectivity index (χ4v) is 23.1. The third-order valence-corrected chi connectivity index (χ3v) is 29.5. The molecule has 31 aromatic rings. The maximum absolute atomic E-state index is 7.12. The Morgan fingerprint density at radius 2 is 0.359 bits per heavy atom. The van der Waals surface area contributed by atoms with Gasteiger partial charge in [0.15, 0.2) is 40.5 Å². The predicted molar refractivity (Wildman–Crippen MR) is 598 cm³/mol. The number of para-hydroxylation sites is 10. The highest BCUT2D eigenvalue weighted by molar-refractivity contribution is 6.27. The first-order valence-electron chi connectivity index (χ1n) is 49.1. The van der Waals surface area contributed by atoms with Crippen LogP contribution >= 0.6 is 0 Å². The van der Waals surface area contributed by atoms with Crippen molar-refractivity contribution in [1.29, 1.82) is 0 Å². The molecule has 13 heteroatoms. The largest absolute Gasteiger partial charge is 0.453 e. The summed E-state index contributed by atoms with van der Waals surface area (Å²) >= 11 is 0. The lowest BCUT2D eigenvalue weighted by atomic mass is 9.93. The first-order chi connectivity index (χ1) is 71.9. The van der Waals surface area contributed by atoms with Gasteiger partial charge in [0.25, 0.3) is 0 Å². The summed E-state index contributed by atoms with van der Waals surface area (Å²) in [5.74, 6) is 3.70. The van der Waals surface area contributed by atoms with Crippen molar-refractivity contribution in [3.8, 4) is 102 Å². The topological polar surface area (TPSA) is 120 Å². The van der Waals surface area contributed by atoms with E-state index in [0.29, 0.717) is 34.9 Å². The van der Waals surface area contributed by atoms with Crippen LogP contribution in [-0.4, -0.2) is 57.3 Å². The van der Waals surface area contributed by atoms with Crippen LogP contribution in [-0.2, 0) is 0 Å². The van der Waals surface area contributed by atoms with Gasteiger partial charge in [-0.15, -0.1) is 0 Å². The molecule has 0 atom stereocenters. The maximum Gasteiger partial charge on any atom is 0.167 e. The average Bonchev–Trinajstić information content (AvgIpc) is 1.60. The number of furan rings is 1. The van der Waals surface area contributed by atoms with Crippen molar-refractivity contribution < 1.29 is 4.42 Å². The summed E-state index contributed by atoms with van der Waals surface area (Å²) in [5.41, 5.74) is 27.6. The Balaban J connectivity index is 0.000000135. The van der Waals surface area contributed by atoms with Crippen LogP contribution in [0, 0.1) is 0 Å². The summed E-state index contributed by atoms with van der Waals surface area (Å²) in [6, 6.07) is 173. The van der Waals surface area contributed by atoms with Crippen molar-refractivity contribution in [3.63, 3.8) is 0 Å². The lowest BCUT2D eigenvalue weighted by Crippen LogP contribution is -2.00. The number of hydrogen-bond acceptors (Lipinski definition) is 7. The Kier molecular flexibility index (Phi) is 18.2. The molecule has 0 radical (unpaired) electrons. The van der Waals surface area contributed by atoms with E-state index in [9.17, 15) is 0 Å². The van der Waals surface area contributed by atoms with Crippen LogP contribution in [0.2, 0.25) is 0 Å². The standard InChI is InChI=1S/C69H42N6.C63H38N6O/c1-3-17-43(18-4-1)67-70-68(44-19-5-2-6-20-44)72-69(71-67)45-31-35-51-52-36-32-46(40-58(52)50-22-8-7-21-49(50)57(51)39-45)74-63-29-15-11-25-55(63)60-42-48(34-38-65(60)74)75-64-30-16-12-26-56(64)59-41-47(33-37-66(59)75)73-61-27-13-9-23-53(61)54-24-10-14-28-62(54)73;1-3-17-39(18-4-1)61-64-62(40-19-5-2-6-20-40)66-63(65-61)49-27-15-25-47-48-26-16-32-58(60(48)70-59(47)49)69-55-31-14-10-24-46(55)51-38-42(34-36-57(51)69)68-54-30-13-9-23-45(54)50-37-41(33-35-56(50)68)67-52-28-11-7-21-43(52)44-22-8-12-29-53(44)67/h1-42H;1-38H. The monoisotopic (exact) mass is 1850 g/mol. The molecule has 0 aliphatic heterocycles. The quantitative estimate of drug-likeness (QED) is 0.112. The molecule has 0 bridgehead atoms. The minimum Gasteiger partial charge on any atom is -0.453 e. The summed E-state index contributed by atoms with van der Waals surface area (Å²) < 4.78 is 21.6. The van der Waals surface area contributed by atoms with Crippen molar-refractivity contribution in [2.45, 2.75) is 0 Å². The normalized spacial score (nSPS) is 12.0. The molecule has 9 heterocycles. The van der Waals surface area contributed by atoms with E-state index in [1.54, 1.807) is 0 Å². The van der Waals surface area contributed by atoms with E-state index in [0.717, 1.165) is 133 Å². The smallest absolute Gasteiger partial charge is 0.167 e. The van der Waals surface area contributed by atoms with Gasteiger partial charge in [-0.2, -0.15) is 0 Å². The van der Waals surface area contributed by atoms with Crippen LogP contribution in [0.3, 0.4) is 0 Å². The molecule has 13 nitrogen and oxygen atoms in total. The Bertz CT molecular complexity index is 10600. The zero-order chi connectivity index (χ0) is 95.0. The molecule has 0 spiro atoms. The van der Waals surface area contributed by atoms with Crippen LogP contribution in [0.4, 0.5) is 0 Å². The molecular weight excluding hydrogens is 1770 g/mol. The molecule has 9 aromatic heterocycles. The van der Waals surface area contributed by atoms with Crippen molar-refractivity contribution in [1.82, 2.24) is 57.3 Å². The van der Waals surface area contributed by atoms with Crippen molar-refractivity contribution in [2.75, 3.05) is 0 Å². The first-order valence-corrected chi connectivity index (χ1v) is 49.1. The highest BCUT2D eigenvalue weighted by Crippen LogP contribution is 2.48. The number of nitrogens with zero attached hydrogens (tertiary/aromatic N) is 12. The fourth-order valence-electron chi connectivity index (χ4n) is 23.1. The van der Waals surface area contributed by atoms with Crippen molar-refractivity contribution in [3.05, 3.63) is 485 Å². The van der Waals surface area contributed by atoms with E-state index in [-0.39, 0.29) is 0 Å². The van der Waals surface area contributed by atoms with E-state index >= 15 is 0 Å². The zero-order valence-corrected chi connectivity index (χ0v) is 78.0. The third kappa shape index (κ3) is 12.8. The second kappa shape index (κ2) is 32.4. The second-order valence-electron chi connectivity index (χ2n) is 37.5. The summed E-state index contributed by atoms with van der Waals surface area (Å²) in [7, 11) is 0. The lowest BCUT2D eigenvalue weighted by molar-refractivity contribution is 0.667. The van der Waals surface area contributed by atoms with Gasteiger partial charge in [0.2, 0.25) is 0 Å². The molecule has 22 aromatic carbocycles. The van der Waals surface area contributed by atoms with E-state index in [2.05, 4.69) is 410 Å². The first kappa shape index (κ1) is 81.3. The van der Waals surface area contributed by atoms with Crippen molar-refractivity contribution in [2.24, 2.45) is 0 Å². The van der Waals surface area contributed by atoms with Crippen LogP contribution < -0.4 is 0 Å². The van der Waals surface area contributed by atoms with Crippen LogP contribution in [0.5, 0.6) is 0 Å². The molecule has 0 saturated carbocycles. The van der Waals surface area contributed by atoms with Crippen molar-refractivity contribution >= 4 is 185 Å². The lowest BCUT2D eigenvalue weighted by Gasteiger charge is -2.15. The Labute approximate surface area is 828 Å². The van der Waals surface area contributed by atoms with Gasteiger partial charge in [0.05, 0.1) is 77.5 Å². The zero-order valence-electron chi connectivity index (χ0n) is 78.0. The number of benzene rings is 22. The van der Waals surface area contributed by atoms with Gasteiger partial charge in [-0.1, -0.05) is 334 Å². The number of rotatable bonds is 12. The Morgan fingerprint density at radius 3 is 0.703 bits per heavy atom. The van der Waals surface area contributed by atoms with E-state index in [1.165, 1.54) is 119 Å². The molecular formula is C132H80N12O. The number of hydrogen-bond donors (Lipinski definition) is 0. The minimum absolute atomic E-state index is 0.552. The summed E-state index contributed by atoms with van der Waals surface area (Å²) in [6.45, 7) is 0. The molecule has 0 unspecified atom stereocenters. The molecule has 0 N–H and O–H groups in total. The van der Waals surface area contributed by atoms with Crippen LogP contribution in [0.1, 0.15) is 0 Å². The summed E-state index contributed by atoms with van der Waals surface area (Å²) in [4.78, 5) is 30.3. The predicted octanol–water partition coefficient (Wildman–Crippen LogP) is 33.7. The fraction of sp³-hybridized carbons (Fsp3) is 0. The van der Waals surface area contributed by atoms with E-state index < -0.39 is 0 Å². The molecule has 31 rings (SSSR count). The van der Waals surface area contributed by atoms with E-state index in [1.807, 2.05) is 103 Å². The van der Waals surface area contributed by atoms with Gasteiger partial charge in [-0.05, 0) is 184 Å². The Hall–Kier alpha value is -19.8. The van der Waals surface area contributed by atoms with Gasteiger partial charge < -0.3 is 31.8 Å². The molecule has 674 valence electrons. The molecule has 0 saturated heterocycles. The Morgan fingerprint density at radius 1 is 0.131 bits per heavy atom. The molecule has 145 heavy (non-hydrogen) atoms.